The van der Waals surface area contributed by atoms with E-state index in [2.05, 4.69) is 25.7 Å². The molecule has 0 radical (unpaired) electrons. The average Bonchev–Trinajstić information content (AvgIpc) is 3.36. The largest absolute Gasteiger partial charge is 0.494 e. The van der Waals surface area contributed by atoms with Gasteiger partial charge < -0.3 is 19.9 Å². The number of carbonyl (C=O) groups excluding carboxylic acids is 2. The lowest BCUT2D eigenvalue weighted by Crippen LogP contribution is -2.49. The van der Waals surface area contributed by atoms with Crippen molar-refractivity contribution in [3.8, 4) is 11.4 Å². The highest BCUT2D eigenvalue weighted by atomic mass is 32.2. The molecule has 11 heteroatoms. The van der Waals surface area contributed by atoms with Gasteiger partial charge in [0.25, 0.3) is 0 Å². The molecule has 2 amide bonds. The van der Waals surface area contributed by atoms with E-state index in [1.54, 1.807) is 11.8 Å². The summed E-state index contributed by atoms with van der Waals surface area (Å²) in [5.74, 6) is 0.870. The molecule has 0 unspecified atom stereocenters. The first kappa shape index (κ1) is 24.5. The van der Waals surface area contributed by atoms with Crippen molar-refractivity contribution in [1.82, 2.24) is 25.1 Å². The van der Waals surface area contributed by atoms with Gasteiger partial charge in [0.15, 0.2) is 0 Å². The number of aromatic nitrogens is 4. The molecule has 4 rings (SSSR count). The molecule has 184 valence electrons. The Hall–Kier alpha value is -3.60. The van der Waals surface area contributed by atoms with Crippen LogP contribution >= 0.6 is 11.8 Å². The van der Waals surface area contributed by atoms with Gasteiger partial charge in [0.1, 0.15) is 11.4 Å². The van der Waals surface area contributed by atoms with Gasteiger partial charge in [0, 0.05) is 43.5 Å². The molecule has 35 heavy (non-hydrogen) atoms. The maximum absolute atomic E-state index is 12.5. The second-order valence-electron chi connectivity index (χ2n) is 8.40. The van der Waals surface area contributed by atoms with Crippen LogP contribution in [0.3, 0.4) is 0 Å². The van der Waals surface area contributed by atoms with Crippen molar-refractivity contribution < 1.29 is 14.3 Å². The molecule has 1 saturated heterocycles. The molecule has 0 saturated carbocycles. The quantitative estimate of drug-likeness (QED) is 0.476. The van der Waals surface area contributed by atoms with Gasteiger partial charge >= 0.3 is 0 Å². The molecule has 0 atom stereocenters. The smallest absolute Gasteiger partial charge is 0.234 e. The van der Waals surface area contributed by atoms with Crippen molar-refractivity contribution in [1.29, 1.82) is 0 Å². The zero-order valence-electron chi connectivity index (χ0n) is 20.0. The fourth-order valence-electron chi connectivity index (χ4n) is 3.86. The molecular weight excluding hydrogens is 466 g/mol. The van der Waals surface area contributed by atoms with Crippen LogP contribution in [0.25, 0.3) is 5.69 Å². The SMILES string of the molecule is COc1ccccc1-n1nnnc1SCC(=O)Nc1ccc(N2CCN(C(=O)C(C)C)CC2)cc1. The molecule has 1 aliphatic heterocycles. The number of carbonyl (C=O) groups is 2. The molecule has 3 aromatic rings. The Kier molecular flexibility index (Phi) is 7.86. The third kappa shape index (κ3) is 5.91. The fourth-order valence-corrected chi connectivity index (χ4v) is 4.54. The van der Waals surface area contributed by atoms with E-state index in [0.717, 1.165) is 37.6 Å². The van der Waals surface area contributed by atoms with Crippen LogP contribution in [0.1, 0.15) is 13.8 Å². The molecule has 1 aliphatic rings. The Labute approximate surface area is 208 Å². The topological polar surface area (TPSA) is 105 Å². The van der Waals surface area contributed by atoms with E-state index in [-0.39, 0.29) is 23.5 Å². The van der Waals surface area contributed by atoms with Crippen molar-refractivity contribution in [2.75, 3.05) is 49.3 Å². The van der Waals surface area contributed by atoms with Gasteiger partial charge in [-0.05, 0) is 46.8 Å². The minimum atomic E-state index is -0.155. The summed E-state index contributed by atoms with van der Waals surface area (Å²) in [5.41, 5.74) is 2.50. The van der Waals surface area contributed by atoms with Crippen LogP contribution in [0.4, 0.5) is 11.4 Å². The van der Waals surface area contributed by atoms with Crippen molar-refractivity contribution in [2.45, 2.75) is 19.0 Å². The normalized spacial score (nSPS) is 13.7. The van der Waals surface area contributed by atoms with Gasteiger partial charge in [-0.3, -0.25) is 9.59 Å². The van der Waals surface area contributed by atoms with Crippen LogP contribution < -0.4 is 15.0 Å². The van der Waals surface area contributed by atoms with Gasteiger partial charge in [-0.15, -0.1) is 5.10 Å². The van der Waals surface area contributed by atoms with E-state index in [1.165, 1.54) is 11.8 Å². The number of nitrogens with zero attached hydrogens (tertiary/aromatic N) is 6. The Morgan fingerprint density at radius 1 is 1.06 bits per heavy atom. The summed E-state index contributed by atoms with van der Waals surface area (Å²) in [4.78, 5) is 28.9. The van der Waals surface area contributed by atoms with E-state index in [1.807, 2.05) is 67.3 Å². The average molecular weight is 496 g/mol. The molecular formula is C24H29N7O3S. The third-order valence-corrected chi connectivity index (χ3v) is 6.61. The summed E-state index contributed by atoms with van der Waals surface area (Å²) in [6.45, 7) is 6.90. The summed E-state index contributed by atoms with van der Waals surface area (Å²) in [5, 5.41) is 15.2. The number of methoxy groups -OCH3 is 1. The lowest BCUT2D eigenvalue weighted by Gasteiger charge is -2.37. The van der Waals surface area contributed by atoms with E-state index in [9.17, 15) is 9.59 Å². The summed E-state index contributed by atoms with van der Waals surface area (Å²) in [6.07, 6.45) is 0. The molecule has 2 heterocycles. The number of tetrazole rings is 1. The van der Waals surface area contributed by atoms with Crippen molar-refractivity contribution >= 4 is 35.0 Å². The van der Waals surface area contributed by atoms with Crippen LogP contribution in [0, 0.1) is 5.92 Å². The first-order valence-corrected chi connectivity index (χ1v) is 12.4. The Morgan fingerprint density at radius 2 is 1.77 bits per heavy atom. The number of anilines is 2. The molecule has 1 N–H and O–H groups in total. The number of rotatable bonds is 8. The zero-order chi connectivity index (χ0) is 24.8. The highest BCUT2D eigenvalue weighted by Gasteiger charge is 2.23. The molecule has 1 fully saturated rings. The number of amides is 2. The monoisotopic (exact) mass is 495 g/mol. The second kappa shape index (κ2) is 11.2. The third-order valence-electron chi connectivity index (χ3n) is 5.69. The molecule has 10 nitrogen and oxygen atoms in total. The van der Waals surface area contributed by atoms with Crippen molar-refractivity contribution in [3.05, 3.63) is 48.5 Å². The van der Waals surface area contributed by atoms with Gasteiger partial charge in [-0.25, -0.2) is 0 Å². The van der Waals surface area contributed by atoms with E-state index < -0.39 is 0 Å². The zero-order valence-corrected chi connectivity index (χ0v) is 20.9. The molecule has 0 aliphatic carbocycles. The van der Waals surface area contributed by atoms with Crippen molar-refractivity contribution in [2.24, 2.45) is 5.92 Å². The summed E-state index contributed by atoms with van der Waals surface area (Å²) in [6, 6.07) is 15.2. The Balaban J connectivity index is 1.30. The van der Waals surface area contributed by atoms with Crippen molar-refractivity contribution in [3.63, 3.8) is 0 Å². The predicted octanol–water partition coefficient (Wildman–Crippen LogP) is 2.71. The Morgan fingerprint density at radius 3 is 2.46 bits per heavy atom. The molecule has 0 bridgehead atoms. The maximum Gasteiger partial charge on any atom is 0.234 e. The summed E-state index contributed by atoms with van der Waals surface area (Å²) < 4.78 is 6.94. The number of benzene rings is 2. The van der Waals surface area contributed by atoms with Gasteiger partial charge in [-0.1, -0.05) is 37.7 Å². The minimum absolute atomic E-state index is 0.0244. The maximum atomic E-state index is 12.5. The van der Waals surface area contributed by atoms with Crippen LogP contribution in [0.5, 0.6) is 5.75 Å². The molecule has 0 spiro atoms. The lowest BCUT2D eigenvalue weighted by atomic mass is 10.1. The standard InChI is InChI=1S/C24H29N7O3S/c1-17(2)23(33)30-14-12-29(13-15-30)19-10-8-18(9-11-19)25-22(32)16-35-24-26-27-28-31(24)20-6-4-5-7-21(20)34-3/h4-11,17H,12-16H2,1-3H3,(H,25,32). The second-order valence-corrected chi connectivity index (χ2v) is 9.34. The highest BCUT2D eigenvalue weighted by Crippen LogP contribution is 2.26. The molecule has 2 aromatic carbocycles. The van der Waals surface area contributed by atoms with Crippen LogP contribution in [0.15, 0.2) is 53.7 Å². The number of ether oxygens (including phenoxy) is 1. The number of hydrogen-bond donors (Lipinski definition) is 1. The number of piperazine rings is 1. The van der Waals surface area contributed by atoms with Gasteiger partial charge in [0.05, 0.1) is 12.9 Å². The lowest BCUT2D eigenvalue weighted by molar-refractivity contribution is -0.134. The van der Waals surface area contributed by atoms with E-state index in [4.69, 9.17) is 4.74 Å². The minimum Gasteiger partial charge on any atom is -0.494 e. The number of hydrogen-bond acceptors (Lipinski definition) is 8. The summed E-state index contributed by atoms with van der Waals surface area (Å²) in [7, 11) is 1.59. The van der Waals surface area contributed by atoms with Gasteiger partial charge in [-0.2, -0.15) is 4.68 Å². The number of thioether (sulfide) groups is 1. The van der Waals surface area contributed by atoms with Crippen LogP contribution in [-0.2, 0) is 9.59 Å². The van der Waals surface area contributed by atoms with Crippen LogP contribution in [0.2, 0.25) is 0 Å². The fraction of sp³-hybridized carbons (Fsp3) is 0.375. The van der Waals surface area contributed by atoms with Gasteiger partial charge in [0.2, 0.25) is 17.0 Å². The Bertz CT molecular complexity index is 1160. The molecule has 1 aromatic heterocycles. The summed E-state index contributed by atoms with van der Waals surface area (Å²) >= 11 is 1.24. The first-order chi connectivity index (χ1) is 17.0. The number of nitrogens with one attached hydrogen (secondary N) is 1. The first-order valence-electron chi connectivity index (χ1n) is 11.4. The van der Waals surface area contributed by atoms with E-state index >= 15 is 0 Å². The number of para-hydroxylation sites is 2. The van der Waals surface area contributed by atoms with Crippen LogP contribution in [-0.4, -0.2) is 76.0 Å². The van der Waals surface area contributed by atoms with E-state index in [0.29, 0.717) is 16.6 Å². The highest BCUT2D eigenvalue weighted by molar-refractivity contribution is 7.99. The predicted molar refractivity (Wildman–Crippen MR) is 135 cm³/mol.